The predicted molar refractivity (Wildman–Crippen MR) is 103 cm³/mol. The number of piperazine rings is 1. The number of amides is 1. The van der Waals surface area contributed by atoms with Crippen molar-refractivity contribution in [2.24, 2.45) is 0 Å². The SMILES string of the molecule is N#Cc1cc(Cl)cc(N2CCN(C(=O)c3cncc4cc(C#N)oc34)CC2)c1. The Balaban J connectivity index is 1.52. The van der Waals surface area contributed by atoms with Crippen molar-refractivity contribution < 1.29 is 9.21 Å². The van der Waals surface area contributed by atoms with Crippen LogP contribution in [0, 0.1) is 22.7 Å². The Labute approximate surface area is 166 Å². The Kier molecular flexibility index (Phi) is 4.60. The van der Waals surface area contributed by atoms with E-state index in [1.54, 1.807) is 29.3 Å². The predicted octanol–water partition coefficient (Wildman–Crippen LogP) is 3.19. The summed E-state index contributed by atoms with van der Waals surface area (Å²) in [6.07, 6.45) is 3.04. The van der Waals surface area contributed by atoms with Gasteiger partial charge in [-0.2, -0.15) is 10.5 Å². The second-order valence-corrected chi connectivity index (χ2v) is 6.85. The molecule has 1 saturated heterocycles. The second kappa shape index (κ2) is 7.22. The van der Waals surface area contributed by atoms with Gasteiger partial charge >= 0.3 is 0 Å². The number of anilines is 1. The maximum absolute atomic E-state index is 13.0. The van der Waals surface area contributed by atoms with Crippen LogP contribution in [-0.4, -0.2) is 42.0 Å². The highest BCUT2D eigenvalue weighted by Crippen LogP contribution is 2.26. The summed E-state index contributed by atoms with van der Waals surface area (Å²) in [5, 5.41) is 19.3. The van der Waals surface area contributed by atoms with Gasteiger partial charge in [0.15, 0.2) is 5.58 Å². The zero-order chi connectivity index (χ0) is 19.7. The van der Waals surface area contributed by atoms with Crippen molar-refractivity contribution in [1.82, 2.24) is 9.88 Å². The molecule has 0 radical (unpaired) electrons. The van der Waals surface area contributed by atoms with Crippen LogP contribution in [0.25, 0.3) is 11.0 Å². The van der Waals surface area contributed by atoms with Gasteiger partial charge in [-0.1, -0.05) is 11.6 Å². The fourth-order valence-electron chi connectivity index (χ4n) is 3.33. The third-order valence-electron chi connectivity index (χ3n) is 4.71. The normalized spacial score (nSPS) is 14.0. The molecule has 1 aliphatic heterocycles. The van der Waals surface area contributed by atoms with Gasteiger partial charge in [0.1, 0.15) is 11.6 Å². The van der Waals surface area contributed by atoms with E-state index in [0.29, 0.717) is 53.3 Å². The summed E-state index contributed by atoms with van der Waals surface area (Å²) in [5.41, 5.74) is 2.10. The molecule has 3 heterocycles. The number of benzene rings is 1. The van der Waals surface area contributed by atoms with Crippen molar-refractivity contribution in [3.05, 3.63) is 58.6 Å². The summed E-state index contributed by atoms with van der Waals surface area (Å²) >= 11 is 6.09. The van der Waals surface area contributed by atoms with Crippen LogP contribution < -0.4 is 4.90 Å². The summed E-state index contributed by atoms with van der Waals surface area (Å²) in [7, 11) is 0. The zero-order valence-corrected chi connectivity index (χ0v) is 15.5. The Morgan fingerprint density at radius 3 is 2.57 bits per heavy atom. The van der Waals surface area contributed by atoms with E-state index < -0.39 is 0 Å². The minimum Gasteiger partial charge on any atom is -0.445 e. The molecule has 7 nitrogen and oxygen atoms in total. The van der Waals surface area contributed by atoms with Crippen molar-refractivity contribution in [2.75, 3.05) is 31.1 Å². The summed E-state index contributed by atoms with van der Waals surface area (Å²) in [6, 6.07) is 10.8. The highest BCUT2D eigenvalue weighted by Gasteiger charge is 2.25. The highest BCUT2D eigenvalue weighted by molar-refractivity contribution is 6.31. The number of hydrogen-bond acceptors (Lipinski definition) is 6. The Morgan fingerprint density at radius 2 is 1.86 bits per heavy atom. The molecule has 4 rings (SSSR count). The summed E-state index contributed by atoms with van der Waals surface area (Å²) in [5.74, 6) is -0.0310. The first-order valence-corrected chi connectivity index (χ1v) is 8.99. The molecule has 8 heteroatoms. The molecule has 138 valence electrons. The number of hydrogen-bond donors (Lipinski definition) is 0. The van der Waals surface area contributed by atoms with E-state index >= 15 is 0 Å². The van der Waals surface area contributed by atoms with Gasteiger partial charge in [-0.05, 0) is 18.2 Å². The lowest BCUT2D eigenvalue weighted by molar-refractivity contribution is 0.0747. The summed E-state index contributed by atoms with van der Waals surface area (Å²) < 4.78 is 5.49. The van der Waals surface area contributed by atoms with Crippen LogP contribution >= 0.6 is 11.6 Å². The summed E-state index contributed by atoms with van der Waals surface area (Å²) in [4.78, 5) is 20.9. The lowest BCUT2D eigenvalue weighted by atomic mass is 10.1. The zero-order valence-electron chi connectivity index (χ0n) is 14.7. The van der Waals surface area contributed by atoms with Crippen LogP contribution in [0.3, 0.4) is 0 Å². The van der Waals surface area contributed by atoms with E-state index in [2.05, 4.69) is 16.0 Å². The maximum atomic E-state index is 13.0. The van der Waals surface area contributed by atoms with Crippen LogP contribution in [0.4, 0.5) is 5.69 Å². The molecule has 28 heavy (non-hydrogen) atoms. The van der Waals surface area contributed by atoms with Gasteiger partial charge in [0.05, 0.1) is 11.6 Å². The molecule has 1 fully saturated rings. The Bertz CT molecular complexity index is 1150. The first kappa shape index (κ1) is 17.8. The van der Waals surface area contributed by atoms with Crippen molar-refractivity contribution in [1.29, 1.82) is 10.5 Å². The molecule has 0 unspecified atom stereocenters. The van der Waals surface area contributed by atoms with Gasteiger partial charge in [0.25, 0.3) is 5.91 Å². The molecule has 1 aliphatic rings. The van der Waals surface area contributed by atoms with Crippen LogP contribution in [-0.2, 0) is 0 Å². The van der Waals surface area contributed by atoms with E-state index in [9.17, 15) is 4.79 Å². The molecule has 0 atom stereocenters. The molecular formula is C20H14ClN5O2. The fourth-order valence-corrected chi connectivity index (χ4v) is 3.56. The second-order valence-electron chi connectivity index (χ2n) is 6.42. The number of furan rings is 1. The van der Waals surface area contributed by atoms with Crippen molar-refractivity contribution in [3.63, 3.8) is 0 Å². The van der Waals surface area contributed by atoms with Gasteiger partial charge < -0.3 is 14.2 Å². The van der Waals surface area contributed by atoms with Crippen molar-refractivity contribution >= 4 is 34.2 Å². The minimum absolute atomic E-state index is 0.149. The maximum Gasteiger partial charge on any atom is 0.259 e. The molecule has 0 spiro atoms. The van der Waals surface area contributed by atoms with Crippen LogP contribution in [0.2, 0.25) is 5.02 Å². The van der Waals surface area contributed by atoms with E-state index in [1.807, 2.05) is 12.1 Å². The van der Waals surface area contributed by atoms with E-state index in [-0.39, 0.29) is 11.7 Å². The van der Waals surface area contributed by atoms with Crippen molar-refractivity contribution in [2.45, 2.75) is 0 Å². The highest BCUT2D eigenvalue weighted by atomic mass is 35.5. The van der Waals surface area contributed by atoms with Gasteiger partial charge in [0, 0.05) is 60.7 Å². The van der Waals surface area contributed by atoms with Gasteiger partial charge in [-0.15, -0.1) is 0 Å². The lowest BCUT2D eigenvalue weighted by Crippen LogP contribution is -2.48. The van der Waals surface area contributed by atoms with Gasteiger partial charge in [-0.3, -0.25) is 9.78 Å². The fraction of sp³-hybridized carbons (Fsp3) is 0.200. The number of carbonyl (C=O) groups excluding carboxylic acids is 1. The topological polar surface area (TPSA) is 97.2 Å². The minimum atomic E-state index is -0.180. The number of pyridine rings is 1. The number of rotatable bonds is 2. The van der Waals surface area contributed by atoms with Crippen LogP contribution in [0.15, 0.2) is 41.1 Å². The molecule has 3 aromatic rings. The molecule has 0 saturated carbocycles. The molecule has 1 amide bonds. The van der Waals surface area contributed by atoms with E-state index in [0.717, 1.165) is 5.69 Å². The molecule has 0 aliphatic carbocycles. The number of carbonyl (C=O) groups is 1. The smallest absolute Gasteiger partial charge is 0.259 e. The lowest BCUT2D eigenvalue weighted by Gasteiger charge is -2.36. The number of nitriles is 2. The van der Waals surface area contributed by atoms with E-state index in [1.165, 1.54) is 6.20 Å². The van der Waals surface area contributed by atoms with E-state index in [4.69, 9.17) is 26.5 Å². The Morgan fingerprint density at radius 1 is 1.07 bits per heavy atom. The monoisotopic (exact) mass is 391 g/mol. The largest absolute Gasteiger partial charge is 0.445 e. The average molecular weight is 392 g/mol. The first-order valence-electron chi connectivity index (χ1n) is 8.61. The molecule has 0 N–H and O–H groups in total. The van der Waals surface area contributed by atoms with Gasteiger partial charge in [0.2, 0.25) is 5.76 Å². The quantitative estimate of drug-likeness (QED) is 0.665. The van der Waals surface area contributed by atoms with Crippen molar-refractivity contribution in [3.8, 4) is 12.1 Å². The van der Waals surface area contributed by atoms with Gasteiger partial charge in [-0.25, -0.2) is 0 Å². The Hall–Kier alpha value is -3.55. The number of aromatic nitrogens is 1. The number of fused-ring (bicyclic) bond motifs is 1. The first-order chi connectivity index (χ1) is 13.6. The summed E-state index contributed by atoms with van der Waals surface area (Å²) in [6.45, 7) is 2.24. The molecule has 0 bridgehead atoms. The third-order valence-corrected chi connectivity index (χ3v) is 4.93. The van der Waals surface area contributed by atoms with Crippen LogP contribution in [0.1, 0.15) is 21.7 Å². The third kappa shape index (κ3) is 3.24. The average Bonchev–Trinajstić information content (AvgIpc) is 3.16. The molecular weight excluding hydrogens is 378 g/mol. The standard InChI is InChI=1S/C20H14ClN5O2/c21-15-5-13(9-22)6-16(8-15)25-1-3-26(4-2-25)20(27)18-12-24-11-14-7-17(10-23)28-19(14)18/h5-8,11-12H,1-4H2. The number of halogens is 1. The molecule has 2 aromatic heterocycles. The number of nitrogens with zero attached hydrogens (tertiary/aromatic N) is 5. The van der Waals surface area contributed by atoms with Crippen LogP contribution in [0.5, 0.6) is 0 Å². The molecule has 1 aromatic carbocycles.